The average Bonchev–Trinajstić information content (AvgIpc) is 1.00. The number of fused-ring (bicyclic) bond motifs is 14. The third kappa shape index (κ3) is 8.33. The van der Waals surface area contributed by atoms with Gasteiger partial charge in [-0.05, 0) is 285 Å². The van der Waals surface area contributed by atoms with Gasteiger partial charge in [0.15, 0.2) is 0 Å². The van der Waals surface area contributed by atoms with Crippen LogP contribution in [0.5, 0.6) is 0 Å². The van der Waals surface area contributed by atoms with E-state index in [4.69, 9.17) is 9.47 Å². The van der Waals surface area contributed by atoms with Crippen molar-refractivity contribution in [3.05, 3.63) is 101 Å². The molecule has 458 valence electrons. The van der Waals surface area contributed by atoms with Crippen LogP contribution in [0.15, 0.2) is 78.9 Å². The first-order valence-electron chi connectivity index (χ1n) is 33.2. The summed E-state index contributed by atoms with van der Waals surface area (Å²) in [6.07, 6.45) is 23.0. The lowest BCUT2D eigenvalue weighted by molar-refractivity contribution is -0.239. The molecule has 0 bridgehead atoms. The zero-order valence-corrected chi connectivity index (χ0v) is 54.2. The van der Waals surface area contributed by atoms with Gasteiger partial charge in [0.25, 0.3) is 0 Å². The summed E-state index contributed by atoms with van der Waals surface area (Å²) in [5, 5.41) is 21.3. The maximum absolute atomic E-state index is 12.9. The number of aliphatic carboxylic acids is 2. The summed E-state index contributed by atoms with van der Waals surface area (Å²) < 4.78 is 9.86. The molecule has 0 aliphatic heterocycles. The number of carboxylic acid groups (broad SMARTS) is 2. The number of carbonyl (C=O) groups excluding carboxylic acids is 2. The Morgan fingerprint density at radius 1 is 0.476 bits per heavy atom. The molecule has 0 spiro atoms. The fourth-order valence-electron chi connectivity index (χ4n) is 25.6. The molecule has 0 radical (unpaired) electrons. The highest BCUT2D eigenvalue weighted by Gasteiger charge is 2.74. The van der Waals surface area contributed by atoms with Gasteiger partial charge in [-0.1, -0.05) is 124 Å². The summed E-state index contributed by atoms with van der Waals surface area (Å²) in [4.78, 5) is 50.0. The second kappa shape index (κ2) is 20.6. The van der Waals surface area contributed by atoms with Crippen LogP contribution >= 0.6 is 0 Å². The highest BCUT2D eigenvalue weighted by molar-refractivity contribution is 5.90. The molecule has 0 heterocycles. The Hall–Kier alpha value is -4.46. The quantitative estimate of drug-likeness (QED) is 0.198. The number of methoxy groups -OCH3 is 2. The Balaban J connectivity index is 0.000000175. The summed E-state index contributed by atoms with van der Waals surface area (Å²) in [6.45, 7) is 38.6. The van der Waals surface area contributed by atoms with E-state index in [-0.39, 0.29) is 67.1 Å². The number of hydrogen-bond donors (Lipinski definition) is 2. The first-order valence-corrected chi connectivity index (χ1v) is 33.2. The Morgan fingerprint density at radius 2 is 0.917 bits per heavy atom. The van der Waals surface area contributed by atoms with Gasteiger partial charge >= 0.3 is 23.9 Å². The van der Waals surface area contributed by atoms with E-state index in [9.17, 15) is 29.4 Å². The van der Waals surface area contributed by atoms with Crippen molar-refractivity contribution in [3.63, 3.8) is 0 Å². The normalized spacial score (nSPS) is 44.5. The van der Waals surface area contributed by atoms with Crippen LogP contribution in [0.3, 0.4) is 0 Å². The van der Waals surface area contributed by atoms with Crippen molar-refractivity contribution in [1.82, 2.24) is 0 Å². The van der Waals surface area contributed by atoms with Crippen LogP contribution in [-0.4, -0.2) is 48.3 Å². The monoisotopic (exact) mass is 1150 g/mol. The molecule has 84 heavy (non-hydrogen) atoms. The number of allylic oxidation sites excluding steroid dienone is 4. The van der Waals surface area contributed by atoms with Gasteiger partial charge < -0.3 is 19.7 Å². The topological polar surface area (TPSA) is 127 Å². The molecule has 2 N–H and O–H groups in total. The van der Waals surface area contributed by atoms with E-state index in [1.54, 1.807) is 0 Å². The first-order chi connectivity index (χ1) is 39.3. The van der Waals surface area contributed by atoms with Gasteiger partial charge in [-0.3, -0.25) is 9.59 Å². The Kier molecular flexibility index (Phi) is 15.0. The van der Waals surface area contributed by atoms with Crippen molar-refractivity contribution in [2.24, 2.45) is 113 Å². The number of ether oxygens (including phenoxy) is 2. The predicted molar refractivity (Wildman–Crippen MR) is 335 cm³/mol. The average molecular weight is 1150 g/mol. The summed E-state index contributed by atoms with van der Waals surface area (Å²) in [6, 6.07) is 16.2. The lowest BCUT2D eigenvalue weighted by atomic mass is 9.31. The first kappa shape index (κ1) is 61.2. The molecule has 8 heteroatoms. The van der Waals surface area contributed by atoms with E-state index in [0.29, 0.717) is 64.4 Å². The molecular formula is C76H106O8. The third-order valence-electron chi connectivity index (χ3n) is 29.9. The molecule has 10 aliphatic rings. The zero-order valence-electron chi connectivity index (χ0n) is 54.2. The second-order valence-electron chi connectivity index (χ2n) is 32.9. The van der Waals surface area contributed by atoms with Gasteiger partial charge in [-0.2, -0.15) is 0 Å². The van der Waals surface area contributed by atoms with Gasteiger partial charge in [0.2, 0.25) is 0 Å². The van der Waals surface area contributed by atoms with E-state index in [1.807, 2.05) is 24.3 Å². The number of esters is 2. The maximum Gasteiger partial charge on any atom is 0.337 e. The number of carboxylic acids is 2. The van der Waals surface area contributed by atoms with Crippen LogP contribution in [0.4, 0.5) is 0 Å². The van der Waals surface area contributed by atoms with Crippen LogP contribution in [0, 0.1) is 113 Å². The zero-order chi connectivity index (χ0) is 60.9. The van der Waals surface area contributed by atoms with Gasteiger partial charge in [-0.25, -0.2) is 9.59 Å². The van der Waals surface area contributed by atoms with Crippen molar-refractivity contribution in [1.29, 1.82) is 0 Å². The minimum atomic E-state index is -0.564. The standard InChI is InChI=1S/C38H54O4.C38H52O4/c2*1-23(2)26-15-20-38(33(40)41)22-21-36(6)28(31(26)38)13-14-30-35(5)18-16-27(24-9-11-25(12-10-24)32(39)42-8)34(3,4)29(35)17-19-37(30,36)7/h9-12,26-31H,1,13-22H2,2-8H3,(H,40,41);9-12,16,26,28-31H,1,13-15,17-22H2,2-8H3,(H,40,41)/t26-,27?,28+,29-,30+,31+,35-,36+,37+,38-;26-,28+,29-,30+,31+,35-,36+,37+,38-/m00/s1. The number of benzene rings is 2. The van der Waals surface area contributed by atoms with Gasteiger partial charge in [0.1, 0.15) is 0 Å². The van der Waals surface area contributed by atoms with Crippen LogP contribution < -0.4 is 0 Å². The molecule has 9 saturated carbocycles. The van der Waals surface area contributed by atoms with Gasteiger partial charge in [-0.15, -0.1) is 0 Å². The van der Waals surface area contributed by atoms with Crippen LogP contribution in [0.25, 0.3) is 5.57 Å². The van der Waals surface area contributed by atoms with Crippen molar-refractivity contribution in [2.45, 2.75) is 211 Å². The van der Waals surface area contributed by atoms with E-state index in [1.165, 1.54) is 99.9 Å². The van der Waals surface area contributed by atoms with Crippen molar-refractivity contribution < 1.29 is 38.9 Å². The summed E-state index contributed by atoms with van der Waals surface area (Å²) in [7, 11) is 2.87. The number of hydrogen-bond acceptors (Lipinski definition) is 6. The lowest BCUT2D eigenvalue weighted by Gasteiger charge is -2.73. The lowest BCUT2D eigenvalue weighted by Crippen LogP contribution is -2.66. The largest absolute Gasteiger partial charge is 0.481 e. The molecule has 1 unspecified atom stereocenters. The molecule has 19 atom stereocenters. The van der Waals surface area contributed by atoms with Gasteiger partial charge in [0.05, 0.1) is 36.2 Å². The number of rotatable bonds is 8. The highest BCUT2D eigenvalue weighted by atomic mass is 16.5. The van der Waals surface area contributed by atoms with Crippen LogP contribution in [-0.2, 0) is 19.1 Å². The van der Waals surface area contributed by atoms with E-state index < -0.39 is 22.8 Å². The predicted octanol–water partition coefficient (Wildman–Crippen LogP) is 18.5. The van der Waals surface area contributed by atoms with Crippen molar-refractivity contribution in [3.8, 4) is 0 Å². The summed E-state index contributed by atoms with van der Waals surface area (Å²) in [5.41, 5.74) is 7.82. The maximum atomic E-state index is 12.9. The SMILES string of the molecule is C=C(C)[C@@H]1CC[C@]2(C(=O)O)CC[C@]3(C)[C@H](CC[C@@H]4[C@@]5(C)CC=C(c6ccc(C(=O)OC)cc6)C(C)(C)[C@@H]5CC[C@]43C)[C@@H]12.C=C(C)[C@@H]1CC[C@]2(C(=O)O)CC[C@]3(C)[C@H](CC[C@@H]4[C@@]5(C)CCC(c6ccc(C(=O)OC)cc6)C(C)(C)[C@@H]5CC[C@]43C)[C@@H]12. The highest BCUT2D eigenvalue weighted by Crippen LogP contribution is 2.80. The molecule has 2 aromatic carbocycles. The molecule has 10 aliphatic carbocycles. The minimum absolute atomic E-state index is 0.0143. The number of carbonyl (C=O) groups is 4. The molecule has 9 fully saturated rings. The molecule has 0 aromatic heterocycles. The fraction of sp³-hybridized carbons (Fsp3) is 0.711. The van der Waals surface area contributed by atoms with E-state index >= 15 is 0 Å². The van der Waals surface area contributed by atoms with Crippen LogP contribution in [0.1, 0.15) is 243 Å². The Bertz CT molecular complexity index is 3020. The molecule has 12 rings (SSSR count). The Morgan fingerprint density at radius 3 is 1.36 bits per heavy atom. The molecular weight excluding hydrogens is 1040 g/mol. The molecule has 0 amide bonds. The molecule has 2 aromatic rings. The molecule has 8 nitrogen and oxygen atoms in total. The summed E-state index contributed by atoms with van der Waals surface area (Å²) in [5.74, 6) is 3.34. The van der Waals surface area contributed by atoms with Crippen molar-refractivity contribution >= 4 is 29.5 Å². The fourth-order valence-corrected chi connectivity index (χ4v) is 25.6. The van der Waals surface area contributed by atoms with Gasteiger partial charge in [0, 0.05) is 0 Å². The van der Waals surface area contributed by atoms with Crippen molar-refractivity contribution in [2.75, 3.05) is 14.2 Å². The Labute approximate surface area is 505 Å². The molecule has 0 saturated heterocycles. The second-order valence-corrected chi connectivity index (χ2v) is 32.9. The smallest absolute Gasteiger partial charge is 0.337 e. The van der Waals surface area contributed by atoms with E-state index in [2.05, 4.69) is 127 Å². The van der Waals surface area contributed by atoms with E-state index in [0.717, 1.165) is 64.2 Å². The third-order valence-corrected chi connectivity index (χ3v) is 29.9. The minimum Gasteiger partial charge on any atom is -0.481 e. The van der Waals surface area contributed by atoms with Crippen LogP contribution in [0.2, 0.25) is 0 Å². The summed E-state index contributed by atoms with van der Waals surface area (Å²) >= 11 is 0.